The monoisotopic (exact) mass is 386 g/mol. The standard InChI is InChI=1S/C13H30N4O.HI/c1-5-7-8-15-13(14-6-2)16-9-10-17(3)11-12-18-4;/h5-12H2,1-4H3,(H2,14,15,16);1H. The van der Waals surface area contributed by atoms with Crippen LogP contribution in [0.25, 0.3) is 0 Å². The molecule has 116 valence electrons. The number of halogens is 1. The molecule has 19 heavy (non-hydrogen) atoms. The molecule has 0 aromatic rings. The van der Waals surface area contributed by atoms with E-state index in [0.717, 1.165) is 51.7 Å². The van der Waals surface area contributed by atoms with E-state index in [1.54, 1.807) is 7.11 Å². The van der Waals surface area contributed by atoms with Gasteiger partial charge in [0.15, 0.2) is 5.96 Å². The summed E-state index contributed by atoms with van der Waals surface area (Å²) in [6.07, 6.45) is 2.33. The minimum atomic E-state index is 0. The van der Waals surface area contributed by atoms with E-state index in [9.17, 15) is 0 Å². The lowest BCUT2D eigenvalue weighted by molar-refractivity contribution is 0.162. The Morgan fingerprint density at radius 3 is 2.53 bits per heavy atom. The molecule has 0 heterocycles. The van der Waals surface area contributed by atoms with Gasteiger partial charge in [-0.15, -0.1) is 24.0 Å². The molecule has 0 amide bonds. The molecule has 0 saturated carbocycles. The Balaban J connectivity index is 0. The molecular weight excluding hydrogens is 355 g/mol. The normalized spacial score (nSPS) is 11.3. The molecule has 0 atom stereocenters. The maximum absolute atomic E-state index is 5.05. The molecule has 0 unspecified atom stereocenters. The van der Waals surface area contributed by atoms with Crippen LogP contribution in [-0.4, -0.2) is 64.3 Å². The lowest BCUT2D eigenvalue weighted by Gasteiger charge is -2.17. The number of ether oxygens (including phenoxy) is 1. The first-order valence-corrected chi connectivity index (χ1v) is 6.94. The van der Waals surface area contributed by atoms with Crippen molar-refractivity contribution in [1.82, 2.24) is 15.5 Å². The van der Waals surface area contributed by atoms with Gasteiger partial charge < -0.3 is 20.3 Å². The van der Waals surface area contributed by atoms with Gasteiger partial charge in [0.1, 0.15) is 0 Å². The molecule has 5 nitrogen and oxygen atoms in total. The predicted molar refractivity (Wildman–Crippen MR) is 93.7 cm³/mol. The molecular formula is C13H31IN4O. The largest absolute Gasteiger partial charge is 0.383 e. The van der Waals surface area contributed by atoms with Crippen molar-refractivity contribution in [3.63, 3.8) is 0 Å². The van der Waals surface area contributed by atoms with E-state index in [4.69, 9.17) is 4.74 Å². The highest BCUT2D eigenvalue weighted by molar-refractivity contribution is 14.0. The van der Waals surface area contributed by atoms with Crippen LogP contribution in [0.3, 0.4) is 0 Å². The van der Waals surface area contributed by atoms with Crippen LogP contribution in [0, 0.1) is 0 Å². The first-order valence-electron chi connectivity index (χ1n) is 6.94. The number of rotatable bonds is 10. The van der Waals surface area contributed by atoms with E-state index < -0.39 is 0 Å². The molecule has 6 heteroatoms. The molecule has 2 N–H and O–H groups in total. The highest BCUT2D eigenvalue weighted by Gasteiger charge is 1.99. The van der Waals surface area contributed by atoms with Crippen molar-refractivity contribution in [2.75, 3.05) is 53.5 Å². The molecule has 0 aliphatic heterocycles. The number of likely N-dealkylation sites (N-methyl/N-ethyl adjacent to an activating group) is 1. The second-order valence-corrected chi connectivity index (χ2v) is 4.34. The predicted octanol–water partition coefficient (Wildman–Crippen LogP) is 1.54. The summed E-state index contributed by atoms with van der Waals surface area (Å²) in [5, 5.41) is 6.60. The number of methoxy groups -OCH3 is 1. The van der Waals surface area contributed by atoms with Gasteiger partial charge >= 0.3 is 0 Å². The summed E-state index contributed by atoms with van der Waals surface area (Å²) in [6.45, 7) is 9.69. The molecule has 0 fully saturated rings. The quantitative estimate of drug-likeness (QED) is 0.259. The first-order chi connectivity index (χ1) is 8.74. The Labute approximate surface area is 135 Å². The summed E-state index contributed by atoms with van der Waals surface area (Å²) in [4.78, 5) is 6.76. The average Bonchev–Trinajstić information content (AvgIpc) is 2.36. The third-order valence-electron chi connectivity index (χ3n) is 2.59. The molecule has 0 spiro atoms. The van der Waals surface area contributed by atoms with Gasteiger partial charge in [0.25, 0.3) is 0 Å². The topological polar surface area (TPSA) is 48.9 Å². The highest BCUT2D eigenvalue weighted by Crippen LogP contribution is 1.87. The molecule has 0 aromatic carbocycles. The molecule has 0 saturated heterocycles. The van der Waals surface area contributed by atoms with E-state index >= 15 is 0 Å². The second kappa shape index (κ2) is 16.0. The number of aliphatic imine (C=N–C) groups is 1. The number of guanidine groups is 1. The van der Waals surface area contributed by atoms with Gasteiger partial charge in [-0.05, 0) is 20.4 Å². The van der Waals surface area contributed by atoms with Crippen LogP contribution in [0.2, 0.25) is 0 Å². The lowest BCUT2D eigenvalue weighted by atomic mass is 10.3. The van der Waals surface area contributed by atoms with E-state index in [1.807, 2.05) is 0 Å². The van der Waals surface area contributed by atoms with Crippen molar-refractivity contribution in [3.8, 4) is 0 Å². The zero-order valence-corrected chi connectivity index (χ0v) is 15.2. The fourth-order valence-corrected chi connectivity index (χ4v) is 1.41. The third kappa shape index (κ3) is 14.1. The van der Waals surface area contributed by atoms with Gasteiger partial charge in [-0.3, -0.25) is 4.99 Å². The summed E-state index contributed by atoms with van der Waals surface area (Å²) in [5.41, 5.74) is 0. The molecule has 0 aromatic heterocycles. The second-order valence-electron chi connectivity index (χ2n) is 4.34. The first kappa shape index (κ1) is 21.2. The summed E-state index contributed by atoms with van der Waals surface area (Å²) < 4.78 is 5.05. The Morgan fingerprint density at radius 2 is 1.95 bits per heavy atom. The third-order valence-corrected chi connectivity index (χ3v) is 2.59. The number of nitrogens with one attached hydrogen (secondary N) is 2. The van der Waals surface area contributed by atoms with Crippen molar-refractivity contribution in [2.24, 2.45) is 4.99 Å². The average molecular weight is 386 g/mol. The molecule has 0 radical (unpaired) electrons. The molecule has 0 aliphatic carbocycles. The van der Waals surface area contributed by atoms with E-state index in [2.05, 4.69) is 41.4 Å². The van der Waals surface area contributed by atoms with Crippen LogP contribution in [0.1, 0.15) is 26.7 Å². The fraction of sp³-hybridized carbons (Fsp3) is 0.923. The van der Waals surface area contributed by atoms with Crippen LogP contribution in [-0.2, 0) is 4.74 Å². The smallest absolute Gasteiger partial charge is 0.191 e. The summed E-state index contributed by atoms with van der Waals surface area (Å²) in [7, 11) is 3.83. The van der Waals surface area contributed by atoms with Crippen LogP contribution in [0.4, 0.5) is 0 Å². The fourth-order valence-electron chi connectivity index (χ4n) is 1.41. The number of hydrogen-bond donors (Lipinski definition) is 2. The molecule has 0 bridgehead atoms. The molecule has 0 rings (SSSR count). The van der Waals surface area contributed by atoms with Crippen LogP contribution >= 0.6 is 24.0 Å². The minimum absolute atomic E-state index is 0. The van der Waals surface area contributed by atoms with Crippen molar-refractivity contribution in [3.05, 3.63) is 0 Å². The zero-order chi connectivity index (χ0) is 13.6. The minimum Gasteiger partial charge on any atom is -0.383 e. The maximum Gasteiger partial charge on any atom is 0.191 e. The van der Waals surface area contributed by atoms with Gasteiger partial charge in [-0.2, -0.15) is 0 Å². The Hall–Kier alpha value is -0.0800. The Bertz CT molecular complexity index is 215. The lowest BCUT2D eigenvalue weighted by Crippen LogP contribution is -2.41. The summed E-state index contributed by atoms with van der Waals surface area (Å²) in [6, 6.07) is 0. The van der Waals surface area contributed by atoms with Gasteiger partial charge in [0, 0.05) is 39.8 Å². The summed E-state index contributed by atoms with van der Waals surface area (Å²) in [5.74, 6) is 0.922. The number of hydrogen-bond acceptors (Lipinski definition) is 3. The Kier molecular flexibility index (Phi) is 17.8. The van der Waals surface area contributed by atoms with Gasteiger partial charge in [-0.25, -0.2) is 0 Å². The Morgan fingerprint density at radius 1 is 1.21 bits per heavy atom. The highest BCUT2D eigenvalue weighted by atomic mass is 127. The van der Waals surface area contributed by atoms with Gasteiger partial charge in [-0.1, -0.05) is 13.3 Å². The van der Waals surface area contributed by atoms with Crippen molar-refractivity contribution in [1.29, 1.82) is 0 Å². The SMILES string of the molecule is CCCCN=C(NCC)NCCN(C)CCOC.I. The number of unbranched alkanes of at least 4 members (excludes halogenated alkanes) is 1. The van der Waals surface area contributed by atoms with Crippen LogP contribution < -0.4 is 10.6 Å². The van der Waals surface area contributed by atoms with E-state index in [0.29, 0.717) is 0 Å². The van der Waals surface area contributed by atoms with Gasteiger partial charge in [0.05, 0.1) is 6.61 Å². The zero-order valence-electron chi connectivity index (χ0n) is 12.9. The van der Waals surface area contributed by atoms with E-state index in [1.165, 1.54) is 6.42 Å². The van der Waals surface area contributed by atoms with Crippen molar-refractivity contribution >= 4 is 29.9 Å². The summed E-state index contributed by atoms with van der Waals surface area (Å²) >= 11 is 0. The maximum atomic E-state index is 5.05. The van der Waals surface area contributed by atoms with Crippen LogP contribution in [0.5, 0.6) is 0 Å². The molecule has 0 aliphatic rings. The van der Waals surface area contributed by atoms with Crippen LogP contribution in [0.15, 0.2) is 4.99 Å². The van der Waals surface area contributed by atoms with E-state index in [-0.39, 0.29) is 24.0 Å². The number of nitrogens with zero attached hydrogens (tertiary/aromatic N) is 2. The van der Waals surface area contributed by atoms with Crippen molar-refractivity contribution < 1.29 is 4.74 Å². The van der Waals surface area contributed by atoms with Gasteiger partial charge in [0.2, 0.25) is 0 Å². The van der Waals surface area contributed by atoms with Crippen molar-refractivity contribution in [2.45, 2.75) is 26.7 Å².